The Balaban J connectivity index is 2.77. The van der Waals surface area contributed by atoms with Gasteiger partial charge in [-0.2, -0.15) is 13.2 Å². The maximum absolute atomic E-state index is 12.3. The summed E-state index contributed by atoms with van der Waals surface area (Å²) in [6.45, 7) is 0.594. The second-order valence-corrected chi connectivity index (χ2v) is 3.72. The van der Waals surface area contributed by atoms with E-state index in [1.807, 2.05) is 5.32 Å². The zero-order valence-corrected chi connectivity index (χ0v) is 8.32. The Bertz CT molecular complexity index is 348. The molecule has 0 aromatic carbocycles. The van der Waals surface area contributed by atoms with E-state index in [1.165, 1.54) is 0 Å². The van der Waals surface area contributed by atoms with E-state index in [2.05, 4.69) is 9.59 Å². The molecule has 0 radical (unpaired) electrons. The summed E-state index contributed by atoms with van der Waals surface area (Å²) in [4.78, 5) is 11.2. The van der Waals surface area contributed by atoms with Gasteiger partial charge in [-0.1, -0.05) is 4.49 Å². The Morgan fingerprint density at radius 2 is 2.20 bits per heavy atom. The van der Waals surface area contributed by atoms with Crippen LogP contribution in [0.3, 0.4) is 0 Å². The number of amides is 1. The van der Waals surface area contributed by atoms with Gasteiger partial charge in [0.05, 0.1) is 6.20 Å². The third-order valence-corrected chi connectivity index (χ3v) is 2.24. The number of nitrogens with one attached hydrogen (secondary N) is 1. The molecule has 5 nitrogen and oxygen atoms in total. The number of alkyl halides is 3. The third kappa shape index (κ3) is 2.42. The molecule has 1 atom stereocenters. The molecule has 3 N–H and O–H groups in total. The van der Waals surface area contributed by atoms with Gasteiger partial charge >= 0.3 is 6.18 Å². The molecule has 1 unspecified atom stereocenters. The van der Waals surface area contributed by atoms with E-state index in [4.69, 9.17) is 5.73 Å². The SMILES string of the molecule is CC(N)(C(=O)Nc1cnns1)C(F)(F)F. The summed E-state index contributed by atoms with van der Waals surface area (Å²) in [5, 5.41) is 5.44. The quantitative estimate of drug-likeness (QED) is 0.799. The summed E-state index contributed by atoms with van der Waals surface area (Å²) in [6.07, 6.45) is -3.68. The highest BCUT2D eigenvalue weighted by Gasteiger charge is 2.54. The average molecular weight is 240 g/mol. The van der Waals surface area contributed by atoms with Crippen LogP contribution in [0.4, 0.5) is 18.2 Å². The molecule has 0 aliphatic rings. The number of hydrogen-bond acceptors (Lipinski definition) is 5. The maximum atomic E-state index is 12.3. The minimum Gasteiger partial charge on any atom is -0.313 e. The molecule has 15 heavy (non-hydrogen) atoms. The molecular formula is C6H7F3N4OS. The fourth-order valence-corrected chi connectivity index (χ4v) is 1.01. The highest BCUT2D eigenvalue weighted by Crippen LogP contribution is 2.29. The number of nitrogens with two attached hydrogens (primary N) is 1. The van der Waals surface area contributed by atoms with Gasteiger partial charge in [-0.3, -0.25) is 4.79 Å². The Morgan fingerprint density at radius 3 is 2.60 bits per heavy atom. The van der Waals surface area contributed by atoms with Crippen molar-refractivity contribution in [3.63, 3.8) is 0 Å². The van der Waals surface area contributed by atoms with Crippen molar-refractivity contribution < 1.29 is 18.0 Å². The van der Waals surface area contributed by atoms with Crippen LogP contribution in [0.25, 0.3) is 0 Å². The lowest BCUT2D eigenvalue weighted by atomic mass is 10.0. The van der Waals surface area contributed by atoms with Crippen molar-refractivity contribution in [1.29, 1.82) is 0 Å². The zero-order chi connectivity index (χ0) is 11.7. The van der Waals surface area contributed by atoms with Crippen molar-refractivity contribution >= 4 is 22.4 Å². The van der Waals surface area contributed by atoms with Gasteiger partial charge in [0.25, 0.3) is 5.91 Å². The molecule has 1 aromatic heterocycles. The monoisotopic (exact) mass is 240 g/mol. The Hall–Kier alpha value is -1.22. The molecule has 84 valence electrons. The number of nitrogens with zero attached hydrogens (tertiary/aromatic N) is 2. The van der Waals surface area contributed by atoms with Crippen molar-refractivity contribution in [3.8, 4) is 0 Å². The summed E-state index contributed by atoms with van der Waals surface area (Å²) in [6, 6.07) is 0. The molecule has 1 rings (SSSR count). The summed E-state index contributed by atoms with van der Waals surface area (Å²) in [5.74, 6) is -1.35. The fraction of sp³-hybridized carbons (Fsp3) is 0.500. The van der Waals surface area contributed by atoms with Crippen LogP contribution >= 0.6 is 11.5 Å². The largest absolute Gasteiger partial charge is 0.415 e. The van der Waals surface area contributed by atoms with Crippen molar-refractivity contribution in [3.05, 3.63) is 6.20 Å². The molecule has 1 heterocycles. The summed E-state index contributed by atoms with van der Waals surface area (Å²) < 4.78 is 40.3. The van der Waals surface area contributed by atoms with Gasteiger partial charge in [-0.25, -0.2) is 0 Å². The first-order valence-electron chi connectivity index (χ1n) is 3.69. The first kappa shape index (κ1) is 11.9. The molecule has 0 spiro atoms. The van der Waals surface area contributed by atoms with E-state index >= 15 is 0 Å². The molecule has 1 amide bonds. The van der Waals surface area contributed by atoms with Gasteiger partial charge in [0.1, 0.15) is 5.00 Å². The van der Waals surface area contributed by atoms with Gasteiger partial charge in [-0.05, 0) is 6.92 Å². The third-order valence-electron chi connectivity index (χ3n) is 1.66. The Labute approximate surface area is 86.6 Å². The predicted molar refractivity (Wildman–Crippen MR) is 47.2 cm³/mol. The maximum Gasteiger partial charge on any atom is 0.415 e. The predicted octanol–water partition coefficient (Wildman–Crippen LogP) is 0.756. The number of hydrogen-bond donors (Lipinski definition) is 2. The van der Waals surface area contributed by atoms with E-state index in [1.54, 1.807) is 0 Å². The van der Waals surface area contributed by atoms with Crippen LogP contribution in [0.2, 0.25) is 0 Å². The van der Waals surface area contributed by atoms with Gasteiger partial charge in [0.2, 0.25) is 0 Å². The molecule has 0 bridgehead atoms. The minimum atomic E-state index is -4.81. The van der Waals surface area contributed by atoms with Crippen LogP contribution in [-0.4, -0.2) is 27.2 Å². The van der Waals surface area contributed by atoms with E-state index in [-0.39, 0.29) is 5.00 Å². The number of aromatic nitrogens is 2. The smallest absolute Gasteiger partial charge is 0.313 e. The van der Waals surface area contributed by atoms with Crippen LogP contribution in [-0.2, 0) is 4.79 Å². The molecule has 0 aliphatic heterocycles. The molecule has 1 aromatic rings. The summed E-state index contributed by atoms with van der Waals surface area (Å²) >= 11 is 0.762. The van der Waals surface area contributed by atoms with Crippen LogP contribution in [0.1, 0.15) is 6.92 Å². The zero-order valence-electron chi connectivity index (χ0n) is 7.50. The number of rotatable bonds is 2. The fourth-order valence-electron chi connectivity index (χ4n) is 0.593. The minimum absolute atomic E-state index is 0.112. The normalized spacial score (nSPS) is 15.8. The van der Waals surface area contributed by atoms with E-state index in [0.29, 0.717) is 6.92 Å². The van der Waals surface area contributed by atoms with Gasteiger partial charge in [-0.15, -0.1) is 5.10 Å². The lowest BCUT2D eigenvalue weighted by Gasteiger charge is -2.25. The molecular weight excluding hydrogens is 233 g/mol. The van der Waals surface area contributed by atoms with Crippen LogP contribution in [0.5, 0.6) is 0 Å². The first-order valence-corrected chi connectivity index (χ1v) is 4.47. The van der Waals surface area contributed by atoms with Crippen molar-refractivity contribution in [2.24, 2.45) is 5.73 Å². The highest BCUT2D eigenvalue weighted by atomic mass is 32.1. The first-order chi connectivity index (χ1) is 6.75. The van der Waals surface area contributed by atoms with Crippen LogP contribution < -0.4 is 11.1 Å². The topological polar surface area (TPSA) is 80.9 Å². The van der Waals surface area contributed by atoms with Crippen molar-refractivity contribution in [2.45, 2.75) is 18.6 Å². The number of carbonyl (C=O) groups is 1. The second kappa shape index (κ2) is 3.74. The Morgan fingerprint density at radius 1 is 1.60 bits per heavy atom. The second-order valence-electron chi connectivity index (χ2n) is 2.94. The molecule has 0 fully saturated rings. The molecule has 9 heteroatoms. The van der Waals surface area contributed by atoms with Crippen molar-refractivity contribution in [2.75, 3.05) is 5.32 Å². The lowest BCUT2D eigenvalue weighted by Crippen LogP contribution is -2.59. The summed E-state index contributed by atoms with van der Waals surface area (Å²) in [7, 11) is 0. The molecule has 0 saturated heterocycles. The lowest BCUT2D eigenvalue weighted by molar-refractivity contribution is -0.184. The molecule has 0 saturated carbocycles. The van der Waals surface area contributed by atoms with E-state index < -0.39 is 17.6 Å². The number of anilines is 1. The number of halogens is 3. The van der Waals surface area contributed by atoms with E-state index in [9.17, 15) is 18.0 Å². The van der Waals surface area contributed by atoms with Gasteiger partial charge < -0.3 is 11.1 Å². The van der Waals surface area contributed by atoms with Crippen LogP contribution in [0.15, 0.2) is 6.20 Å². The Kier molecular flexibility index (Phi) is 2.95. The van der Waals surface area contributed by atoms with Gasteiger partial charge in [0.15, 0.2) is 5.54 Å². The average Bonchev–Trinajstić information content (AvgIpc) is 2.54. The van der Waals surface area contributed by atoms with Crippen molar-refractivity contribution in [1.82, 2.24) is 9.59 Å². The van der Waals surface area contributed by atoms with Gasteiger partial charge in [0, 0.05) is 11.5 Å². The number of carbonyl (C=O) groups excluding carboxylic acids is 1. The highest BCUT2D eigenvalue weighted by molar-refractivity contribution is 7.10. The van der Waals surface area contributed by atoms with Crippen LogP contribution in [0, 0.1) is 0 Å². The molecule has 0 aliphatic carbocycles. The standard InChI is InChI=1S/C6H7F3N4OS/c1-5(10,6(7,8)9)4(14)12-3-2-11-13-15-3/h2H,10H2,1H3,(H,12,14). The van der Waals surface area contributed by atoms with E-state index in [0.717, 1.165) is 17.7 Å². The summed E-state index contributed by atoms with van der Waals surface area (Å²) in [5.41, 5.74) is 1.95.